The molecule has 0 aliphatic heterocycles. The molecule has 0 radical (unpaired) electrons. The van der Waals surface area contributed by atoms with Gasteiger partial charge in [-0.3, -0.25) is 0 Å². The van der Waals surface area contributed by atoms with Gasteiger partial charge in [-0.1, -0.05) is 57.3 Å². The number of hydrogen-bond acceptors (Lipinski definition) is 1. The first-order valence-corrected chi connectivity index (χ1v) is 8.44. The molecule has 1 atom stereocenters. The van der Waals surface area contributed by atoms with Gasteiger partial charge >= 0.3 is 0 Å². The Kier molecular flexibility index (Phi) is 8.97. The average Bonchev–Trinajstić information content (AvgIpc) is 2.38. The van der Waals surface area contributed by atoms with E-state index in [2.05, 4.69) is 44.3 Å². The molecule has 0 saturated heterocycles. The summed E-state index contributed by atoms with van der Waals surface area (Å²) in [6.07, 6.45) is 6.31. The third kappa shape index (κ3) is 7.91. The summed E-state index contributed by atoms with van der Waals surface area (Å²) in [7, 11) is 0. The second-order valence-electron chi connectivity index (χ2n) is 6.23. The van der Waals surface area contributed by atoms with E-state index in [1.54, 1.807) is 0 Å². The van der Waals surface area contributed by atoms with Gasteiger partial charge in [0.25, 0.3) is 0 Å². The van der Waals surface area contributed by atoms with Crippen LogP contribution in [0.15, 0.2) is 24.3 Å². The Morgan fingerprint density at radius 2 is 2.00 bits per heavy atom. The summed E-state index contributed by atoms with van der Waals surface area (Å²) in [4.78, 5) is 0. The highest BCUT2D eigenvalue weighted by Gasteiger charge is 2.10. The van der Waals surface area contributed by atoms with E-state index in [-0.39, 0.29) is 0 Å². The van der Waals surface area contributed by atoms with E-state index in [0.29, 0.717) is 0 Å². The van der Waals surface area contributed by atoms with Crippen molar-refractivity contribution >= 4 is 11.6 Å². The molecule has 0 saturated carbocycles. The minimum Gasteiger partial charge on any atom is -0.316 e. The molecule has 0 aliphatic rings. The quantitative estimate of drug-likeness (QED) is 0.576. The van der Waals surface area contributed by atoms with E-state index in [0.717, 1.165) is 36.4 Å². The van der Waals surface area contributed by atoms with Gasteiger partial charge in [-0.05, 0) is 61.9 Å². The number of nitrogens with one attached hydrogen (secondary N) is 1. The van der Waals surface area contributed by atoms with Crippen LogP contribution in [0.2, 0.25) is 5.02 Å². The molecule has 1 rings (SSSR count). The lowest BCUT2D eigenvalue weighted by molar-refractivity contribution is 0.407. The van der Waals surface area contributed by atoms with Gasteiger partial charge in [0.1, 0.15) is 0 Å². The maximum Gasteiger partial charge on any atom is 0.0408 e. The first kappa shape index (κ1) is 17.5. The largest absolute Gasteiger partial charge is 0.316 e. The van der Waals surface area contributed by atoms with Gasteiger partial charge in [-0.15, -0.1) is 0 Å². The fourth-order valence-corrected chi connectivity index (χ4v) is 2.78. The number of halogens is 1. The lowest BCUT2D eigenvalue weighted by atomic mass is 9.92. The Morgan fingerprint density at radius 3 is 2.65 bits per heavy atom. The smallest absolute Gasteiger partial charge is 0.0408 e. The van der Waals surface area contributed by atoms with Crippen molar-refractivity contribution in [2.24, 2.45) is 11.8 Å². The predicted molar refractivity (Wildman–Crippen MR) is 90.5 cm³/mol. The van der Waals surface area contributed by atoms with Crippen LogP contribution in [0, 0.1) is 11.8 Å². The Hall–Kier alpha value is -0.530. The van der Waals surface area contributed by atoms with Crippen molar-refractivity contribution in [2.75, 3.05) is 13.1 Å². The van der Waals surface area contributed by atoms with E-state index in [1.807, 2.05) is 6.07 Å². The van der Waals surface area contributed by atoms with Gasteiger partial charge < -0.3 is 5.32 Å². The van der Waals surface area contributed by atoms with Crippen LogP contribution >= 0.6 is 11.6 Å². The summed E-state index contributed by atoms with van der Waals surface area (Å²) in [5.41, 5.74) is 1.37. The lowest BCUT2D eigenvalue weighted by Crippen LogP contribution is -2.25. The molecule has 1 unspecified atom stereocenters. The Morgan fingerprint density at radius 1 is 1.20 bits per heavy atom. The molecule has 1 N–H and O–H groups in total. The molecule has 1 nitrogen and oxygen atoms in total. The number of benzene rings is 1. The monoisotopic (exact) mass is 295 g/mol. The second-order valence-corrected chi connectivity index (χ2v) is 6.67. The van der Waals surface area contributed by atoms with Crippen molar-refractivity contribution in [3.8, 4) is 0 Å². The highest BCUT2D eigenvalue weighted by atomic mass is 35.5. The Balaban J connectivity index is 2.47. The van der Waals surface area contributed by atoms with Crippen LogP contribution in [0.4, 0.5) is 0 Å². The molecule has 0 spiro atoms. The zero-order valence-electron chi connectivity index (χ0n) is 13.3. The molecule has 1 aromatic carbocycles. The maximum absolute atomic E-state index is 6.09. The molecule has 20 heavy (non-hydrogen) atoms. The van der Waals surface area contributed by atoms with Gasteiger partial charge in [0.15, 0.2) is 0 Å². The van der Waals surface area contributed by atoms with Crippen LogP contribution < -0.4 is 5.32 Å². The van der Waals surface area contributed by atoms with E-state index in [9.17, 15) is 0 Å². The maximum atomic E-state index is 6.09. The molecule has 0 bridgehead atoms. The van der Waals surface area contributed by atoms with Crippen LogP contribution in [-0.4, -0.2) is 13.1 Å². The van der Waals surface area contributed by atoms with Gasteiger partial charge in [-0.2, -0.15) is 0 Å². The normalized spacial score (nSPS) is 12.8. The van der Waals surface area contributed by atoms with Crippen LogP contribution in [0.25, 0.3) is 0 Å². The molecule has 0 aliphatic carbocycles. The van der Waals surface area contributed by atoms with E-state index in [1.165, 1.54) is 31.2 Å². The fourth-order valence-electron chi connectivity index (χ4n) is 2.57. The summed E-state index contributed by atoms with van der Waals surface area (Å²) in [6.45, 7) is 9.08. The molecule has 0 aromatic heterocycles. The fraction of sp³-hybridized carbons (Fsp3) is 0.667. The highest BCUT2D eigenvalue weighted by Crippen LogP contribution is 2.19. The topological polar surface area (TPSA) is 12.0 Å². The SMILES string of the molecule is CCCNCC(CCCC(C)C)Cc1cccc(Cl)c1. The van der Waals surface area contributed by atoms with Crippen molar-refractivity contribution in [3.63, 3.8) is 0 Å². The van der Waals surface area contributed by atoms with Crippen molar-refractivity contribution in [2.45, 2.75) is 52.9 Å². The predicted octanol–water partition coefficient (Wildman–Crippen LogP) is 5.32. The van der Waals surface area contributed by atoms with Gasteiger partial charge in [0, 0.05) is 5.02 Å². The van der Waals surface area contributed by atoms with Crippen LogP contribution in [0.3, 0.4) is 0 Å². The summed E-state index contributed by atoms with van der Waals surface area (Å²) >= 11 is 6.09. The summed E-state index contributed by atoms with van der Waals surface area (Å²) in [5, 5.41) is 4.43. The van der Waals surface area contributed by atoms with Crippen LogP contribution in [0.1, 0.15) is 52.0 Å². The number of hydrogen-bond donors (Lipinski definition) is 1. The molecule has 1 aromatic rings. The highest BCUT2D eigenvalue weighted by molar-refractivity contribution is 6.30. The Labute approximate surface area is 130 Å². The zero-order valence-corrected chi connectivity index (χ0v) is 14.0. The van der Waals surface area contributed by atoms with Crippen molar-refractivity contribution in [1.82, 2.24) is 5.32 Å². The summed E-state index contributed by atoms with van der Waals surface area (Å²) in [6, 6.07) is 8.31. The zero-order chi connectivity index (χ0) is 14.8. The van der Waals surface area contributed by atoms with E-state index >= 15 is 0 Å². The molecular weight excluding hydrogens is 266 g/mol. The molecule has 114 valence electrons. The standard InChI is InChI=1S/C18H30ClN/c1-4-11-20-14-17(9-5-7-15(2)3)12-16-8-6-10-18(19)13-16/h6,8,10,13,15,17,20H,4-5,7,9,11-12,14H2,1-3H3. The molecular formula is C18H30ClN. The van der Waals surface area contributed by atoms with Crippen molar-refractivity contribution < 1.29 is 0 Å². The first-order valence-electron chi connectivity index (χ1n) is 8.07. The lowest BCUT2D eigenvalue weighted by Gasteiger charge is -2.18. The van der Waals surface area contributed by atoms with E-state index < -0.39 is 0 Å². The minimum atomic E-state index is 0.721. The van der Waals surface area contributed by atoms with Crippen molar-refractivity contribution in [1.29, 1.82) is 0 Å². The second kappa shape index (κ2) is 10.2. The van der Waals surface area contributed by atoms with E-state index in [4.69, 9.17) is 11.6 Å². The third-order valence-corrected chi connectivity index (χ3v) is 3.90. The molecule has 0 fully saturated rings. The summed E-state index contributed by atoms with van der Waals surface area (Å²) < 4.78 is 0. The molecule has 0 heterocycles. The van der Waals surface area contributed by atoms with Gasteiger partial charge in [-0.25, -0.2) is 0 Å². The molecule has 0 amide bonds. The van der Waals surface area contributed by atoms with Gasteiger partial charge in [0.05, 0.1) is 0 Å². The Bertz CT molecular complexity index is 362. The van der Waals surface area contributed by atoms with Crippen LogP contribution in [0.5, 0.6) is 0 Å². The first-order chi connectivity index (χ1) is 9.61. The van der Waals surface area contributed by atoms with Gasteiger partial charge in [0.2, 0.25) is 0 Å². The third-order valence-electron chi connectivity index (χ3n) is 3.67. The van der Waals surface area contributed by atoms with Crippen LogP contribution in [-0.2, 0) is 6.42 Å². The molecule has 2 heteroatoms. The minimum absolute atomic E-state index is 0.721. The number of rotatable bonds is 10. The van der Waals surface area contributed by atoms with Crippen molar-refractivity contribution in [3.05, 3.63) is 34.9 Å². The summed E-state index contributed by atoms with van der Waals surface area (Å²) in [5.74, 6) is 1.53. The average molecular weight is 296 g/mol.